The van der Waals surface area contributed by atoms with Gasteiger partial charge in [-0.1, -0.05) is 95.9 Å². The van der Waals surface area contributed by atoms with Gasteiger partial charge in [0.15, 0.2) is 0 Å². The molecule has 0 radical (unpaired) electrons. The summed E-state index contributed by atoms with van der Waals surface area (Å²) >= 11 is 14.9. The monoisotopic (exact) mass is 955 g/mol. The second-order valence-corrected chi connectivity index (χ2v) is 20.6. The molecule has 6 atom stereocenters. The van der Waals surface area contributed by atoms with E-state index >= 15 is 0 Å². The number of aromatic amines is 2. The van der Waals surface area contributed by atoms with Gasteiger partial charge in [-0.2, -0.15) is 0 Å². The van der Waals surface area contributed by atoms with E-state index < -0.39 is 24.3 Å². The van der Waals surface area contributed by atoms with Gasteiger partial charge in [-0.15, -0.1) is 0 Å². The number of likely N-dealkylation sites (tertiary alicyclic amines) is 2. The van der Waals surface area contributed by atoms with Crippen LogP contribution in [0.4, 0.5) is 15.3 Å². The van der Waals surface area contributed by atoms with Crippen LogP contribution in [-0.4, -0.2) is 93.1 Å². The van der Waals surface area contributed by atoms with Crippen LogP contribution in [0.15, 0.2) is 48.5 Å². The first kappa shape index (κ1) is 47.9. The Morgan fingerprint density at radius 3 is 1.43 bits per heavy atom. The highest BCUT2D eigenvalue weighted by Gasteiger charge is 2.42. The van der Waals surface area contributed by atoms with Crippen molar-refractivity contribution in [1.29, 1.82) is 0 Å². The van der Waals surface area contributed by atoms with Crippen molar-refractivity contribution in [2.24, 2.45) is 11.8 Å². The zero-order valence-electron chi connectivity index (χ0n) is 39.8. The van der Waals surface area contributed by atoms with Crippen molar-refractivity contribution in [2.75, 3.05) is 32.2 Å². The van der Waals surface area contributed by atoms with Crippen molar-refractivity contribution in [3.8, 4) is 0 Å². The maximum atomic E-state index is 13.9. The average Bonchev–Trinajstić information content (AvgIpc) is 4.15. The lowest BCUT2D eigenvalue weighted by Gasteiger charge is -2.34. The average molecular weight is 957 g/mol. The van der Waals surface area contributed by atoms with Crippen LogP contribution in [0.2, 0.25) is 10.0 Å². The van der Waals surface area contributed by atoms with Crippen LogP contribution in [0, 0.1) is 11.8 Å². The molecule has 0 saturated carbocycles. The highest BCUT2D eigenvalue weighted by molar-refractivity contribution is 6.36. The predicted molar refractivity (Wildman–Crippen MR) is 260 cm³/mol. The summed E-state index contributed by atoms with van der Waals surface area (Å²) in [5.74, 6) is 0.645. The number of ether oxygens (including phenoxy) is 2. The number of carbonyl (C=O) groups is 4. The Morgan fingerprint density at radius 2 is 1.06 bits per heavy atom. The fourth-order valence-electron chi connectivity index (χ4n) is 10.3. The first-order valence-electron chi connectivity index (χ1n) is 23.5. The maximum absolute atomic E-state index is 13.9. The van der Waals surface area contributed by atoms with E-state index in [0.29, 0.717) is 58.7 Å². The number of methoxy groups -OCH3 is 2. The molecule has 8 rings (SSSR count). The third-order valence-electron chi connectivity index (χ3n) is 13.9. The first-order chi connectivity index (χ1) is 31.9. The number of carbonyl (C=O) groups excluding carboxylic acids is 4. The molecule has 358 valence electrons. The van der Waals surface area contributed by atoms with E-state index in [0.717, 1.165) is 53.5 Å². The summed E-state index contributed by atoms with van der Waals surface area (Å²) in [5, 5.41) is 6.54. The zero-order valence-corrected chi connectivity index (χ0v) is 41.3. The van der Waals surface area contributed by atoms with Gasteiger partial charge in [-0.3, -0.25) is 9.59 Å². The van der Waals surface area contributed by atoms with Crippen LogP contribution in [0.3, 0.4) is 0 Å². The molecule has 0 spiro atoms. The number of amides is 4. The quantitative estimate of drug-likeness (QED) is 0.100. The Morgan fingerprint density at radius 1 is 0.642 bits per heavy atom. The molecule has 15 nitrogen and oxygen atoms in total. The van der Waals surface area contributed by atoms with Crippen LogP contribution >= 0.6 is 23.2 Å². The van der Waals surface area contributed by atoms with Crippen LogP contribution in [-0.2, 0) is 24.5 Å². The standard InChI is InChI=1S/C50H63Cl2N9O6/c1-26(2)40(57-48(64)66-8)46(62)59-24-10-12-36(59)44-53-32-20-18-30(38(51)42(32)55-44)34-22-23-35(61(34)29-16-14-28(15-17-29)50(5,6)7)31-19-21-33-43(39(31)52)56-45(54-33)37-13-11-25-60(37)47(63)41(27(3)4)58-49(65)67-9/h14-21,26-27,34-37,40-41H,10-13,22-25H2,1-9H3,(H,53,55)(H,54,56)(H,57,64)(H,58,65)/t34-,35+,36-,37-,40?,41-/m0/s1. The number of hydrogen-bond donors (Lipinski definition) is 4. The Labute approximate surface area is 402 Å². The largest absolute Gasteiger partial charge is 0.453 e. The first-order valence-corrected chi connectivity index (χ1v) is 24.2. The number of alkyl carbamates (subject to hydrolysis) is 2. The number of H-pyrrole nitrogens is 2. The lowest BCUT2D eigenvalue weighted by Crippen LogP contribution is -2.51. The molecule has 4 N–H and O–H groups in total. The van der Waals surface area contributed by atoms with E-state index in [2.05, 4.69) is 82.7 Å². The second-order valence-electron chi connectivity index (χ2n) is 19.9. The zero-order chi connectivity index (χ0) is 48.1. The van der Waals surface area contributed by atoms with Crippen molar-refractivity contribution in [3.05, 3.63) is 86.9 Å². The van der Waals surface area contributed by atoms with Gasteiger partial charge in [0.1, 0.15) is 34.8 Å². The van der Waals surface area contributed by atoms with Gasteiger partial charge in [0.25, 0.3) is 0 Å². The molecule has 1 unspecified atom stereocenters. The van der Waals surface area contributed by atoms with Crippen LogP contribution in [0.5, 0.6) is 0 Å². The maximum Gasteiger partial charge on any atom is 0.407 e. The lowest BCUT2D eigenvalue weighted by atomic mass is 9.87. The van der Waals surface area contributed by atoms with Gasteiger partial charge < -0.3 is 44.8 Å². The molecule has 3 aliphatic heterocycles. The molecule has 5 aromatic rings. The van der Waals surface area contributed by atoms with Crippen molar-refractivity contribution in [3.63, 3.8) is 0 Å². The summed E-state index contributed by atoms with van der Waals surface area (Å²) in [7, 11) is 2.57. The predicted octanol–water partition coefficient (Wildman–Crippen LogP) is 10.2. The molecule has 17 heteroatoms. The number of nitrogens with zero attached hydrogens (tertiary/aromatic N) is 5. The minimum atomic E-state index is -0.746. The summed E-state index contributed by atoms with van der Waals surface area (Å²) in [4.78, 5) is 75.5. The van der Waals surface area contributed by atoms with E-state index in [1.807, 2.05) is 39.8 Å². The number of fused-ring (bicyclic) bond motifs is 2. The van der Waals surface area contributed by atoms with E-state index in [-0.39, 0.29) is 53.2 Å². The van der Waals surface area contributed by atoms with Gasteiger partial charge in [-0.25, -0.2) is 19.6 Å². The minimum Gasteiger partial charge on any atom is -0.453 e. The van der Waals surface area contributed by atoms with Crippen LogP contribution in [0.25, 0.3) is 22.1 Å². The number of aromatic nitrogens is 4. The van der Waals surface area contributed by atoms with Gasteiger partial charge in [0, 0.05) is 18.8 Å². The third-order valence-corrected chi connectivity index (χ3v) is 14.7. The number of hydrogen-bond acceptors (Lipinski definition) is 9. The number of benzene rings is 3. The second kappa shape index (κ2) is 19.2. The molecular formula is C50H63Cl2N9O6. The summed E-state index contributed by atoms with van der Waals surface area (Å²) in [6, 6.07) is 14.5. The van der Waals surface area contributed by atoms with Gasteiger partial charge in [0.2, 0.25) is 11.8 Å². The van der Waals surface area contributed by atoms with Crippen molar-refractivity contribution in [1.82, 2.24) is 40.4 Å². The molecule has 0 bridgehead atoms. The third kappa shape index (κ3) is 9.25. The Balaban J connectivity index is 1.12. The lowest BCUT2D eigenvalue weighted by molar-refractivity contribution is -0.136. The van der Waals surface area contributed by atoms with Crippen molar-refractivity contribution >= 4 is 75.0 Å². The van der Waals surface area contributed by atoms with Gasteiger partial charge in [0.05, 0.1) is 59.5 Å². The molecule has 3 saturated heterocycles. The summed E-state index contributed by atoms with van der Waals surface area (Å²) < 4.78 is 9.66. The molecule has 0 aliphatic carbocycles. The molecule has 3 aromatic carbocycles. The number of nitrogens with one attached hydrogen (secondary N) is 4. The number of rotatable bonds is 11. The molecule has 4 amide bonds. The highest BCUT2D eigenvalue weighted by atomic mass is 35.5. The minimum absolute atomic E-state index is 0.0412. The Bertz CT molecular complexity index is 2510. The van der Waals surface area contributed by atoms with Crippen molar-refractivity contribution < 1.29 is 28.7 Å². The molecule has 3 fully saturated rings. The Hall–Kier alpha value is -5.54. The molecule has 3 aliphatic rings. The normalized spacial score (nSPS) is 20.9. The smallest absolute Gasteiger partial charge is 0.407 e. The highest BCUT2D eigenvalue weighted by Crippen LogP contribution is 2.51. The number of imidazole rings is 2. The fourth-order valence-corrected chi connectivity index (χ4v) is 11.0. The summed E-state index contributed by atoms with van der Waals surface area (Å²) in [6.07, 6.45) is 3.28. The molecular weight excluding hydrogens is 894 g/mol. The molecule has 5 heterocycles. The van der Waals surface area contributed by atoms with E-state index in [9.17, 15) is 19.2 Å². The molecule has 67 heavy (non-hydrogen) atoms. The Kier molecular flexibility index (Phi) is 13.8. The van der Waals surface area contributed by atoms with E-state index in [1.165, 1.54) is 19.8 Å². The SMILES string of the molecule is COC(=O)NC(C(=O)N1CCC[C@H]1c1nc2c(Cl)c([C@@H]3CC[C@H](c4ccc5[nH]c([C@@H]6CCCN6C(=O)[C@@H](NC(=O)OC)C(C)C)nc5c4Cl)N3c3ccc(C(C)(C)C)cc3)ccc2[nH]1)C(C)C. The molecule has 2 aromatic heterocycles. The van der Waals surface area contributed by atoms with E-state index in [4.69, 9.17) is 42.6 Å². The van der Waals surface area contributed by atoms with Gasteiger partial charge >= 0.3 is 12.2 Å². The van der Waals surface area contributed by atoms with E-state index in [1.54, 1.807) is 9.80 Å². The van der Waals surface area contributed by atoms with Crippen molar-refractivity contribution in [2.45, 2.75) is 129 Å². The fraction of sp³-hybridized carbons (Fsp3) is 0.520. The summed E-state index contributed by atoms with van der Waals surface area (Å²) in [5.41, 5.74) is 6.89. The number of anilines is 1. The topological polar surface area (TPSA) is 178 Å². The van der Waals surface area contributed by atoms with Gasteiger partial charge in [-0.05, 0) is 96.7 Å². The van der Waals surface area contributed by atoms with Crippen LogP contribution in [0.1, 0.15) is 139 Å². The van der Waals surface area contributed by atoms with Crippen LogP contribution < -0.4 is 15.5 Å². The summed E-state index contributed by atoms with van der Waals surface area (Å²) in [6.45, 7) is 15.3. The number of halogens is 2.